The molecule has 1 N–H and O–H groups in total. The van der Waals surface area contributed by atoms with Crippen molar-refractivity contribution in [2.24, 2.45) is 0 Å². The molecule has 2 amide bonds. The van der Waals surface area contributed by atoms with E-state index in [1.54, 1.807) is 41.6 Å². The molecule has 9 heteroatoms. The van der Waals surface area contributed by atoms with Crippen molar-refractivity contribution in [2.75, 3.05) is 18.1 Å². The number of ether oxygens (including phenoxy) is 1. The molecule has 28 heavy (non-hydrogen) atoms. The minimum Gasteiger partial charge on any atom is -0.482 e. The molecule has 1 aliphatic heterocycles. The van der Waals surface area contributed by atoms with Crippen molar-refractivity contribution in [1.29, 1.82) is 0 Å². The molecule has 1 aromatic carbocycles. The summed E-state index contributed by atoms with van der Waals surface area (Å²) in [5.41, 5.74) is 2.18. The number of anilines is 1. The smallest absolute Gasteiger partial charge is 0.316 e. The molecule has 142 valence electrons. The van der Waals surface area contributed by atoms with E-state index in [0.717, 1.165) is 5.56 Å². The van der Waals surface area contributed by atoms with Crippen LogP contribution in [-0.4, -0.2) is 40.1 Å². The number of hydrogen-bond donors (Lipinski definition) is 1. The Labute approximate surface area is 160 Å². The first-order chi connectivity index (χ1) is 13.7. The summed E-state index contributed by atoms with van der Waals surface area (Å²) in [4.78, 5) is 33.9. The number of carbonyl (C=O) groups excluding carboxylic acids is 2. The zero-order chi connectivity index (χ0) is 19.5. The maximum absolute atomic E-state index is 12.2. The topological polar surface area (TPSA) is 110 Å². The van der Waals surface area contributed by atoms with Gasteiger partial charge in [-0.15, -0.1) is 0 Å². The number of fused-ring (bicyclic) bond motifs is 1. The van der Waals surface area contributed by atoms with Gasteiger partial charge in [0.05, 0.1) is 5.69 Å². The second kappa shape index (κ2) is 7.47. The van der Waals surface area contributed by atoms with Gasteiger partial charge in [0.2, 0.25) is 5.82 Å². The quantitative estimate of drug-likeness (QED) is 0.720. The van der Waals surface area contributed by atoms with Crippen LogP contribution in [0.3, 0.4) is 0 Å². The number of carbonyl (C=O) groups is 2. The van der Waals surface area contributed by atoms with Gasteiger partial charge >= 0.3 is 11.8 Å². The molecule has 0 aliphatic carbocycles. The SMILES string of the molecule is CCN1C(=O)COc2cc(-c3noc(C(=O)NCc4cccnc4)n3)ccc21. The van der Waals surface area contributed by atoms with E-state index in [9.17, 15) is 9.59 Å². The van der Waals surface area contributed by atoms with Crippen molar-refractivity contribution in [2.45, 2.75) is 13.5 Å². The summed E-state index contributed by atoms with van der Waals surface area (Å²) >= 11 is 0. The third kappa shape index (κ3) is 3.41. The summed E-state index contributed by atoms with van der Waals surface area (Å²) in [6, 6.07) is 8.89. The molecule has 0 saturated carbocycles. The predicted octanol–water partition coefficient (Wildman–Crippen LogP) is 1.81. The third-order valence-electron chi connectivity index (χ3n) is 4.27. The Hall–Kier alpha value is -3.75. The molecule has 4 rings (SSSR count). The first-order valence-corrected chi connectivity index (χ1v) is 8.74. The monoisotopic (exact) mass is 379 g/mol. The molecule has 2 aromatic heterocycles. The Morgan fingerprint density at radius 2 is 2.21 bits per heavy atom. The summed E-state index contributed by atoms with van der Waals surface area (Å²) in [5, 5.41) is 6.57. The fraction of sp³-hybridized carbons (Fsp3) is 0.211. The molecular formula is C19H17N5O4. The average Bonchev–Trinajstić information content (AvgIpc) is 3.23. The lowest BCUT2D eigenvalue weighted by Gasteiger charge is -2.28. The highest BCUT2D eigenvalue weighted by Gasteiger charge is 2.25. The van der Waals surface area contributed by atoms with Gasteiger partial charge in [-0.05, 0) is 36.8 Å². The highest BCUT2D eigenvalue weighted by atomic mass is 16.5. The van der Waals surface area contributed by atoms with Crippen molar-refractivity contribution in [3.8, 4) is 17.1 Å². The highest BCUT2D eigenvalue weighted by Crippen LogP contribution is 2.35. The van der Waals surface area contributed by atoms with Crippen molar-refractivity contribution >= 4 is 17.5 Å². The first-order valence-electron chi connectivity index (χ1n) is 8.74. The van der Waals surface area contributed by atoms with Crippen LogP contribution in [-0.2, 0) is 11.3 Å². The zero-order valence-corrected chi connectivity index (χ0v) is 15.1. The lowest BCUT2D eigenvalue weighted by molar-refractivity contribution is -0.121. The normalized spacial score (nSPS) is 13.0. The number of aromatic nitrogens is 3. The summed E-state index contributed by atoms with van der Waals surface area (Å²) in [6.07, 6.45) is 3.32. The average molecular weight is 379 g/mol. The maximum atomic E-state index is 12.2. The van der Waals surface area contributed by atoms with Crippen molar-refractivity contribution in [3.05, 3.63) is 54.2 Å². The fourth-order valence-electron chi connectivity index (χ4n) is 2.88. The van der Waals surface area contributed by atoms with Crippen LogP contribution in [0.4, 0.5) is 5.69 Å². The Balaban J connectivity index is 1.50. The lowest BCUT2D eigenvalue weighted by atomic mass is 10.1. The van der Waals surface area contributed by atoms with Crippen LogP contribution in [0.25, 0.3) is 11.4 Å². The summed E-state index contributed by atoms with van der Waals surface area (Å²) in [5.74, 6) is 0.126. The van der Waals surface area contributed by atoms with Crippen molar-refractivity contribution in [3.63, 3.8) is 0 Å². The summed E-state index contributed by atoms with van der Waals surface area (Å²) in [7, 11) is 0. The number of amides is 2. The molecule has 0 atom stereocenters. The second-order valence-corrected chi connectivity index (χ2v) is 6.08. The van der Waals surface area contributed by atoms with E-state index in [2.05, 4.69) is 20.4 Å². The Morgan fingerprint density at radius 3 is 3.00 bits per heavy atom. The van der Waals surface area contributed by atoms with Crippen LogP contribution in [0.2, 0.25) is 0 Å². The molecule has 0 saturated heterocycles. The van der Waals surface area contributed by atoms with Crippen LogP contribution >= 0.6 is 0 Å². The number of likely N-dealkylation sites (N-methyl/N-ethyl adjacent to an activating group) is 1. The molecule has 0 bridgehead atoms. The maximum Gasteiger partial charge on any atom is 0.316 e. The largest absolute Gasteiger partial charge is 0.482 e. The molecule has 9 nitrogen and oxygen atoms in total. The van der Waals surface area contributed by atoms with E-state index >= 15 is 0 Å². The number of benzene rings is 1. The van der Waals surface area contributed by atoms with Gasteiger partial charge in [0, 0.05) is 31.0 Å². The molecule has 0 spiro atoms. The minimum atomic E-state index is -0.473. The lowest BCUT2D eigenvalue weighted by Crippen LogP contribution is -2.38. The van der Waals surface area contributed by atoms with Gasteiger partial charge in [0.1, 0.15) is 5.75 Å². The van der Waals surface area contributed by atoms with E-state index < -0.39 is 5.91 Å². The Morgan fingerprint density at radius 1 is 1.32 bits per heavy atom. The van der Waals surface area contributed by atoms with Crippen LogP contribution in [0, 0.1) is 0 Å². The van der Waals surface area contributed by atoms with Crippen LogP contribution in [0.5, 0.6) is 5.75 Å². The van der Waals surface area contributed by atoms with Crippen LogP contribution in [0.1, 0.15) is 23.2 Å². The molecular weight excluding hydrogens is 362 g/mol. The van der Waals surface area contributed by atoms with Crippen LogP contribution in [0.15, 0.2) is 47.2 Å². The number of nitrogens with one attached hydrogen (secondary N) is 1. The number of hydrogen-bond acceptors (Lipinski definition) is 7. The summed E-state index contributed by atoms with van der Waals surface area (Å²) in [6.45, 7) is 2.74. The standard InChI is InChI=1S/C19H17N5O4/c1-2-24-14-6-5-13(8-15(14)27-11-16(24)25)17-22-19(28-23-17)18(26)21-10-12-4-3-7-20-9-12/h3-9H,2,10-11H2,1H3,(H,21,26). The number of pyridine rings is 1. The van der Waals surface area contributed by atoms with E-state index in [1.165, 1.54) is 0 Å². The molecule has 0 unspecified atom stereocenters. The van der Waals surface area contributed by atoms with E-state index in [1.807, 2.05) is 13.0 Å². The van der Waals surface area contributed by atoms with Gasteiger partial charge in [-0.2, -0.15) is 4.98 Å². The van der Waals surface area contributed by atoms with Crippen LogP contribution < -0.4 is 15.0 Å². The van der Waals surface area contributed by atoms with Gasteiger partial charge < -0.3 is 19.5 Å². The molecule has 0 radical (unpaired) electrons. The highest BCUT2D eigenvalue weighted by molar-refractivity contribution is 5.98. The first kappa shape index (κ1) is 17.7. The molecule has 0 fully saturated rings. The van der Waals surface area contributed by atoms with E-state index in [0.29, 0.717) is 30.1 Å². The number of rotatable bonds is 5. The molecule has 3 aromatic rings. The number of nitrogens with zero attached hydrogens (tertiary/aromatic N) is 4. The van der Waals surface area contributed by atoms with E-state index in [4.69, 9.17) is 9.26 Å². The van der Waals surface area contributed by atoms with E-state index in [-0.39, 0.29) is 24.2 Å². The molecule has 3 heterocycles. The van der Waals surface area contributed by atoms with Crippen molar-refractivity contribution < 1.29 is 18.8 Å². The Bertz CT molecular complexity index is 1020. The predicted molar refractivity (Wildman–Crippen MR) is 98.7 cm³/mol. The fourth-order valence-corrected chi connectivity index (χ4v) is 2.88. The van der Waals surface area contributed by atoms with Gasteiger partial charge in [-0.3, -0.25) is 14.6 Å². The summed E-state index contributed by atoms with van der Waals surface area (Å²) < 4.78 is 10.6. The minimum absolute atomic E-state index is 0.0153. The van der Waals surface area contributed by atoms with Gasteiger partial charge in [0.15, 0.2) is 6.61 Å². The second-order valence-electron chi connectivity index (χ2n) is 6.08. The zero-order valence-electron chi connectivity index (χ0n) is 15.1. The Kier molecular flexibility index (Phi) is 4.71. The molecule has 1 aliphatic rings. The third-order valence-corrected chi connectivity index (χ3v) is 4.27. The van der Waals surface area contributed by atoms with Gasteiger partial charge in [-0.1, -0.05) is 11.2 Å². The van der Waals surface area contributed by atoms with Crippen molar-refractivity contribution in [1.82, 2.24) is 20.4 Å². The van der Waals surface area contributed by atoms with Gasteiger partial charge in [-0.25, -0.2) is 0 Å². The van der Waals surface area contributed by atoms with Gasteiger partial charge in [0.25, 0.3) is 5.91 Å².